The maximum Gasteiger partial charge on any atom is 0.310 e. The molecule has 19 heavy (non-hydrogen) atoms. The number of carbonyl (C=O) groups is 1. The number of nitrogens with zero attached hydrogens (tertiary/aromatic N) is 3. The van der Waals surface area contributed by atoms with Crippen molar-refractivity contribution in [3.05, 3.63) is 12.3 Å². The molecule has 1 saturated heterocycles. The molecular weight excluding hydrogens is 244 g/mol. The van der Waals surface area contributed by atoms with Gasteiger partial charge in [-0.1, -0.05) is 0 Å². The largest absolute Gasteiger partial charge is 0.481 e. The van der Waals surface area contributed by atoms with E-state index >= 15 is 0 Å². The first kappa shape index (κ1) is 13.9. The third-order valence-corrected chi connectivity index (χ3v) is 3.76. The van der Waals surface area contributed by atoms with Gasteiger partial charge in [0, 0.05) is 25.8 Å². The molecule has 0 radical (unpaired) electrons. The Bertz CT molecular complexity index is 447. The molecular formula is C13H22N4O2. The molecule has 0 aliphatic carbocycles. The molecule has 0 spiro atoms. The van der Waals surface area contributed by atoms with Gasteiger partial charge in [-0.2, -0.15) is 5.10 Å². The second-order valence-corrected chi connectivity index (χ2v) is 5.92. The van der Waals surface area contributed by atoms with Crippen molar-refractivity contribution in [1.82, 2.24) is 14.7 Å². The fourth-order valence-corrected chi connectivity index (χ4v) is 2.52. The van der Waals surface area contributed by atoms with Crippen molar-refractivity contribution in [1.29, 1.82) is 0 Å². The smallest absolute Gasteiger partial charge is 0.310 e. The molecule has 6 heteroatoms. The molecule has 1 aromatic heterocycles. The predicted molar refractivity (Wildman–Crippen MR) is 72.8 cm³/mol. The summed E-state index contributed by atoms with van der Waals surface area (Å²) >= 11 is 0. The average Bonchev–Trinajstić information content (AvgIpc) is 2.76. The van der Waals surface area contributed by atoms with Crippen LogP contribution in [0.3, 0.4) is 0 Å². The normalized spacial score (nSPS) is 18.6. The van der Waals surface area contributed by atoms with E-state index in [1.54, 1.807) is 19.9 Å². The number of anilines is 1. The number of carboxylic acid groups (broad SMARTS) is 1. The lowest BCUT2D eigenvalue weighted by atomic mass is 9.91. The Morgan fingerprint density at radius 1 is 1.53 bits per heavy atom. The van der Waals surface area contributed by atoms with E-state index < -0.39 is 11.4 Å². The third kappa shape index (κ3) is 3.26. The van der Waals surface area contributed by atoms with Crippen LogP contribution in [0.1, 0.15) is 32.7 Å². The van der Waals surface area contributed by atoms with Gasteiger partial charge in [0.05, 0.1) is 11.5 Å². The highest BCUT2D eigenvalue weighted by atomic mass is 16.4. The van der Waals surface area contributed by atoms with Crippen LogP contribution in [0.25, 0.3) is 0 Å². The zero-order valence-corrected chi connectivity index (χ0v) is 11.5. The van der Waals surface area contributed by atoms with Crippen LogP contribution >= 0.6 is 0 Å². The Labute approximate surface area is 113 Å². The summed E-state index contributed by atoms with van der Waals surface area (Å²) in [5, 5.41) is 13.4. The number of hydrogen-bond acceptors (Lipinski definition) is 4. The zero-order valence-electron chi connectivity index (χ0n) is 11.5. The first-order chi connectivity index (χ1) is 8.88. The summed E-state index contributed by atoms with van der Waals surface area (Å²) in [6, 6.07) is 2.18. The van der Waals surface area contributed by atoms with Crippen LogP contribution in [0.2, 0.25) is 0 Å². The number of aromatic nitrogens is 2. The van der Waals surface area contributed by atoms with E-state index in [1.807, 2.05) is 10.9 Å². The molecule has 6 nitrogen and oxygen atoms in total. The molecule has 2 heterocycles. The molecule has 0 bridgehead atoms. The highest BCUT2D eigenvalue weighted by Gasteiger charge is 2.31. The molecule has 2 rings (SSSR count). The topological polar surface area (TPSA) is 84.4 Å². The molecule has 0 aromatic carbocycles. The molecule has 0 saturated carbocycles. The second-order valence-electron chi connectivity index (χ2n) is 5.92. The minimum atomic E-state index is -0.741. The van der Waals surface area contributed by atoms with E-state index in [2.05, 4.69) is 10.00 Å². The number of nitrogens with two attached hydrogens (primary N) is 1. The number of rotatable bonds is 4. The van der Waals surface area contributed by atoms with Crippen LogP contribution in [0.5, 0.6) is 0 Å². The standard InChI is InChI=1S/C13H22N4O2/c1-13(2,12(18)19)9-16-6-3-10(4-7-16)17-8-5-11(14)15-17/h5,8,10H,3-4,6-7,9H2,1-2H3,(H2,14,15)(H,18,19). The molecule has 1 aromatic rings. The van der Waals surface area contributed by atoms with E-state index in [0.29, 0.717) is 18.4 Å². The molecule has 0 unspecified atom stereocenters. The Kier molecular flexibility index (Phi) is 3.80. The van der Waals surface area contributed by atoms with Gasteiger partial charge in [-0.05, 0) is 32.8 Å². The van der Waals surface area contributed by atoms with Crippen molar-refractivity contribution in [2.75, 3.05) is 25.4 Å². The summed E-state index contributed by atoms with van der Waals surface area (Å²) in [5.41, 5.74) is 4.93. The monoisotopic (exact) mass is 266 g/mol. The molecule has 3 N–H and O–H groups in total. The van der Waals surface area contributed by atoms with Gasteiger partial charge in [-0.15, -0.1) is 0 Å². The van der Waals surface area contributed by atoms with Crippen molar-refractivity contribution < 1.29 is 9.90 Å². The van der Waals surface area contributed by atoms with E-state index in [-0.39, 0.29) is 0 Å². The number of likely N-dealkylation sites (tertiary alicyclic amines) is 1. The van der Waals surface area contributed by atoms with Gasteiger partial charge in [0.2, 0.25) is 0 Å². The average molecular weight is 266 g/mol. The van der Waals surface area contributed by atoms with Crippen molar-refractivity contribution in [3.63, 3.8) is 0 Å². The van der Waals surface area contributed by atoms with Gasteiger partial charge in [-0.25, -0.2) is 0 Å². The number of aliphatic carboxylic acids is 1. The molecule has 0 amide bonds. The van der Waals surface area contributed by atoms with E-state index in [1.165, 1.54) is 0 Å². The minimum absolute atomic E-state index is 0.376. The number of hydrogen-bond donors (Lipinski definition) is 2. The first-order valence-corrected chi connectivity index (χ1v) is 6.65. The molecule has 1 aliphatic rings. The fourth-order valence-electron chi connectivity index (χ4n) is 2.52. The van der Waals surface area contributed by atoms with Gasteiger partial charge >= 0.3 is 5.97 Å². The summed E-state index contributed by atoms with van der Waals surface area (Å²) in [4.78, 5) is 13.3. The van der Waals surface area contributed by atoms with Crippen LogP contribution in [0.15, 0.2) is 12.3 Å². The van der Waals surface area contributed by atoms with E-state index in [4.69, 9.17) is 10.8 Å². The SMILES string of the molecule is CC(C)(CN1CCC(n2ccc(N)n2)CC1)C(=O)O. The maximum atomic E-state index is 11.1. The number of nitrogen functional groups attached to an aromatic ring is 1. The van der Waals surface area contributed by atoms with E-state index in [0.717, 1.165) is 25.9 Å². The summed E-state index contributed by atoms with van der Waals surface area (Å²) in [6.45, 7) is 5.95. The summed E-state index contributed by atoms with van der Waals surface area (Å²) in [6.07, 6.45) is 3.88. The van der Waals surface area contributed by atoms with Crippen LogP contribution in [0.4, 0.5) is 5.82 Å². The lowest BCUT2D eigenvalue weighted by molar-refractivity contribution is -0.148. The maximum absolute atomic E-state index is 11.1. The highest BCUT2D eigenvalue weighted by molar-refractivity contribution is 5.73. The lowest BCUT2D eigenvalue weighted by Crippen LogP contribution is -2.43. The van der Waals surface area contributed by atoms with Crippen LogP contribution < -0.4 is 5.73 Å². The summed E-state index contributed by atoms with van der Waals surface area (Å²) in [5.74, 6) is -0.191. The lowest BCUT2D eigenvalue weighted by Gasteiger charge is -2.35. The van der Waals surface area contributed by atoms with Crippen LogP contribution in [-0.2, 0) is 4.79 Å². The second kappa shape index (κ2) is 5.21. The van der Waals surface area contributed by atoms with Gasteiger partial charge in [0.15, 0.2) is 0 Å². The minimum Gasteiger partial charge on any atom is -0.481 e. The molecule has 106 valence electrons. The van der Waals surface area contributed by atoms with Crippen molar-refractivity contribution in [2.24, 2.45) is 5.41 Å². The Hall–Kier alpha value is -1.56. The predicted octanol–water partition coefficient (Wildman–Crippen LogP) is 1.21. The van der Waals surface area contributed by atoms with Crippen LogP contribution in [0, 0.1) is 5.41 Å². The van der Waals surface area contributed by atoms with Gasteiger partial charge in [-0.3, -0.25) is 9.48 Å². The Morgan fingerprint density at radius 2 is 2.16 bits per heavy atom. The van der Waals surface area contributed by atoms with Crippen molar-refractivity contribution in [2.45, 2.75) is 32.7 Å². The zero-order chi connectivity index (χ0) is 14.0. The number of piperidine rings is 1. The third-order valence-electron chi connectivity index (χ3n) is 3.76. The summed E-state index contributed by atoms with van der Waals surface area (Å²) < 4.78 is 1.93. The summed E-state index contributed by atoms with van der Waals surface area (Å²) in [7, 11) is 0. The van der Waals surface area contributed by atoms with Crippen molar-refractivity contribution in [3.8, 4) is 0 Å². The fraction of sp³-hybridized carbons (Fsp3) is 0.692. The van der Waals surface area contributed by atoms with Crippen LogP contribution in [-0.4, -0.2) is 45.4 Å². The van der Waals surface area contributed by atoms with Gasteiger partial charge in [0.25, 0.3) is 0 Å². The highest BCUT2D eigenvalue weighted by Crippen LogP contribution is 2.25. The molecule has 0 atom stereocenters. The first-order valence-electron chi connectivity index (χ1n) is 6.65. The van der Waals surface area contributed by atoms with Gasteiger partial charge in [0.1, 0.15) is 5.82 Å². The quantitative estimate of drug-likeness (QED) is 0.855. The van der Waals surface area contributed by atoms with Gasteiger partial charge < -0.3 is 15.7 Å². The van der Waals surface area contributed by atoms with Crippen molar-refractivity contribution >= 4 is 11.8 Å². The van der Waals surface area contributed by atoms with E-state index in [9.17, 15) is 4.79 Å². The number of carboxylic acids is 1. The molecule has 1 fully saturated rings. The molecule has 1 aliphatic heterocycles. The Morgan fingerprint density at radius 3 is 2.63 bits per heavy atom. The Balaban J connectivity index is 1.87.